The van der Waals surface area contributed by atoms with Gasteiger partial charge in [-0.15, -0.1) is 0 Å². The average molecular weight is 641 g/mol. The lowest BCUT2D eigenvalue weighted by Gasteiger charge is -2.40. The third-order valence-electron chi connectivity index (χ3n) is 6.77. The number of carbonyl (C=O) groups excluding carboxylic acids is 2. The number of urea groups is 1. The Labute approximate surface area is 246 Å². The SMILES string of the molecule is CC(C)NC(=O)c1cccc(NC(=O)N2CCN(c3ncnc4c3c(Br)cn4S(=O)(=O)c3ccccc3)C[C@@H]2C)c1. The Morgan fingerprint density at radius 2 is 1.80 bits per heavy atom. The van der Waals surface area contributed by atoms with Gasteiger partial charge in [0.15, 0.2) is 5.65 Å². The largest absolute Gasteiger partial charge is 0.352 e. The molecular weight excluding hydrogens is 610 g/mol. The molecule has 1 saturated heterocycles. The van der Waals surface area contributed by atoms with Crippen LogP contribution in [0.4, 0.5) is 16.3 Å². The molecule has 2 aromatic carbocycles. The number of rotatable bonds is 6. The molecule has 0 saturated carbocycles. The van der Waals surface area contributed by atoms with Crippen LogP contribution in [0.1, 0.15) is 31.1 Å². The molecule has 5 rings (SSSR count). The van der Waals surface area contributed by atoms with Crippen LogP contribution in [-0.2, 0) is 10.0 Å². The van der Waals surface area contributed by atoms with Gasteiger partial charge >= 0.3 is 6.03 Å². The van der Waals surface area contributed by atoms with E-state index in [-0.39, 0.29) is 34.6 Å². The molecule has 1 aliphatic heterocycles. The molecule has 0 radical (unpaired) electrons. The third-order valence-corrected chi connectivity index (χ3v) is 9.03. The molecule has 214 valence electrons. The zero-order valence-electron chi connectivity index (χ0n) is 22.8. The van der Waals surface area contributed by atoms with E-state index in [0.717, 1.165) is 3.97 Å². The Morgan fingerprint density at radius 1 is 1.05 bits per heavy atom. The number of nitrogens with one attached hydrogen (secondary N) is 2. The van der Waals surface area contributed by atoms with E-state index in [9.17, 15) is 18.0 Å². The number of anilines is 2. The predicted octanol–water partition coefficient (Wildman–Crippen LogP) is 4.31. The van der Waals surface area contributed by atoms with E-state index in [4.69, 9.17) is 0 Å². The zero-order valence-corrected chi connectivity index (χ0v) is 25.2. The molecular formula is C28H30BrN7O4S. The first-order chi connectivity index (χ1) is 19.6. The van der Waals surface area contributed by atoms with Gasteiger partial charge in [-0.05, 0) is 67.0 Å². The van der Waals surface area contributed by atoms with Crippen molar-refractivity contribution in [2.45, 2.75) is 37.8 Å². The summed E-state index contributed by atoms with van der Waals surface area (Å²) < 4.78 is 28.5. The minimum Gasteiger partial charge on any atom is -0.352 e. The minimum absolute atomic E-state index is 0.00135. The van der Waals surface area contributed by atoms with Crippen molar-refractivity contribution in [2.24, 2.45) is 0 Å². The molecule has 41 heavy (non-hydrogen) atoms. The second kappa shape index (κ2) is 11.5. The molecule has 0 unspecified atom stereocenters. The van der Waals surface area contributed by atoms with Crippen LogP contribution in [0, 0.1) is 0 Å². The number of hydrogen-bond donors (Lipinski definition) is 2. The Bertz CT molecular complexity index is 1710. The van der Waals surface area contributed by atoms with Crippen LogP contribution in [-0.4, -0.2) is 70.9 Å². The van der Waals surface area contributed by atoms with Crippen molar-refractivity contribution in [3.63, 3.8) is 0 Å². The molecule has 0 bridgehead atoms. The summed E-state index contributed by atoms with van der Waals surface area (Å²) in [7, 11) is -3.88. The first-order valence-corrected chi connectivity index (χ1v) is 15.3. The number of aromatic nitrogens is 3. The molecule has 0 spiro atoms. The highest BCUT2D eigenvalue weighted by Gasteiger charge is 2.31. The molecule has 1 aliphatic rings. The normalized spacial score (nSPS) is 15.8. The first-order valence-electron chi connectivity index (χ1n) is 13.1. The fourth-order valence-corrected chi connectivity index (χ4v) is 6.87. The van der Waals surface area contributed by atoms with Gasteiger partial charge in [0.2, 0.25) is 0 Å². The Hall–Kier alpha value is -3.97. The minimum atomic E-state index is -3.88. The predicted molar refractivity (Wildman–Crippen MR) is 161 cm³/mol. The number of piperazine rings is 1. The van der Waals surface area contributed by atoms with Crippen molar-refractivity contribution in [3.05, 3.63) is 77.2 Å². The van der Waals surface area contributed by atoms with Crippen molar-refractivity contribution in [1.29, 1.82) is 0 Å². The molecule has 2 N–H and O–H groups in total. The molecule has 11 nitrogen and oxygen atoms in total. The van der Waals surface area contributed by atoms with Crippen molar-refractivity contribution in [3.8, 4) is 0 Å². The number of amides is 3. The van der Waals surface area contributed by atoms with E-state index in [1.165, 1.54) is 12.5 Å². The van der Waals surface area contributed by atoms with Crippen LogP contribution < -0.4 is 15.5 Å². The van der Waals surface area contributed by atoms with Gasteiger partial charge in [-0.3, -0.25) is 4.79 Å². The molecule has 1 atom stereocenters. The summed E-state index contributed by atoms with van der Waals surface area (Å²) in [6, 6.07) is 14.6. The number of nitrogens with zero attached hydrogens (tertiary/aromatic N) is 5. The summed E-state index contributed by atoms with van der Waals surface area (Å²) in [6.07, 6.45) is 2.85. The first kappa shape index (κ1) is 28.6. The van der Waals surface area contributed by atoms with Crippen molar-refractivity contribution < 1.29 is 18.0 Å². The van der Waals surface area contributed by atoms with Crippen molar-refractivity contribution in [1.82, 2.24) is 24.2 Å². The summed E-state index contributed by atoms with van der Waals surface area (Å²) in [5.41, 5.74) is 1.26. The van der Waals surface area contributed by atoms with Crippen LogP contribution in [0.2, 0.25) is 0 Å². The van der Waals surface area contributed by atoms with Gasteiger partial charge in [-0.1, -0.05) is 24.3 Å². The Kier molecular flexibility index (Phi) is 8.00. The van der Waals surface area contributed by atoms with Gasteiger partial charge in [0.05, 0.1) is 10.3 Å². The van der Waals surface area contributed by atoms with Gasteiger partial charge in [0.1, 0.15) is 12.1 Å². The van der Waals surface area contributed by atoms with Crippen LogP contribution >= 0.6 is 15.9 Å². The van der Waals surface area contributed by atoms with Crippen molar-refractivity contribution >= 4 is 60.4 Å². The van der Waals surface area contributed by atoms with Gasteiger partial charge in [0, 0.05) is 53.6 Å². The van der Waals surface area contributed by atoms with Gasteiger partial charge in [-0.25, -0.2) is 27.2 Å². The van der Waals surface area contributed by atoms with Crippen LogP contribution in [0.5, 0.6) is 0 Å². The summed E-state index contributed by atoms with van der Waals surface area (Å²) >= 11 is 3.52. The molecule has 13 heteroatoms. The second-order valence-electron chi connectivity index (χ2n) is 10.1. The van der Waals surface area contributed by atoms with E-state index < -0.39 is 10.0 Å². The fraction of sp³-hybridized carbons (Fsp3) is 0.286. The summed E-state index contributed by atoms with van der Waals surface area (Å²) in [4.78, 5) is 38.3. The smallest absolute Gasteiger partial charge is 0.322 e. The molecule has 4 aromatic rings. The van der Waals surface area contributed by atoms with E-state index in [1.807, 2.05) is 25.7 Å². The highest BCUT2D eigenvalue weighted by molar-refractivity contribution is 9.10. The lowest BCUT2D eigenvalue weighted by molar-refractivity contribution is 0.0943. The van der Waals surface area contributed by atoms with Crippen molar-refractivity contribution in [2.75, 3.05) is 29.9 Å². The van der Waals surface area contributed by atoms with Gasteiger partial charge < -0.3 is 20.4 Å². The number of carbonyl (C=O) groups is 2. The Balaban J connectivity index is 1.34. The number of fused-ring (bicyclic) bond motifs is 1. The standard InChI is InChI=1S/C28H30BrN7O4S/c1-18(2)32-27(37)20-8-7-9-21(14-20)33-28(38)35-13-12-34(15-19(35)3)25-24-23(29)16-36(26(24)31-17-30-25)41(39,40)22-10-5-4-6-11-22/h4-11,14,16-19H,12-13,15H2,1-3H3,(H,32,37)(H,33,38)/t19-/m0/s1. The molecule has 0 aliphatic carbocycles. The second-order valence-corrected chi connectivity index (χ2v) is 12.8. The van der Waals surface area contributed by atoms with E-state index in [0.29, 0.717) is 46.6 Å². The lowest BCUT2D eigenvalue weighted by atomic mass is 10.1. The zero-order chi connectivity index (χ0) is 29.3. The van der Waals surface area contributed by atoms with Crippen LogP contribution in [0.25, 0.3) is 11.0 Å². The maximum Gasteiger partial charge on any atom is 0.322 e. The average Bonchev–Trinajstić information content (AvgIpc) is 3.30. The maximum atomic E-state index is 13.4. The third kappa shape index (κ3) is 5.77. The monoisotopic (exact) mass is 639 g/mol. The summed E-state index contributed by atoms with van der Waals surface area (Å²) in [5, 5.41) is 6.33. The number of benzene rings is 2. The van der Waals surface area contributed by atoms with E-state index in [2.05, 4.69) is 36.5 Å². The van der Waals surface area contributed by atoms with Gasteiger partial charge in [0.25, 0.3) is 15.9 Å². The number of hydrogen-bond acceptors (Lipinski definition) is 7. The lowest BCUT2D eigenvalue weighted by Crippen LogP contribution is -2.55. The molecule has 3 amide bonds. The topological polar surface area (TPSA) is 130 Å². The quantitative estimate of drug-likeness (QED) is 0.321. The molecule has 3 heterocycles. The van der Waals surface area contributed by atoms with E-state index in [1.54, 1.807) is 59.5 Å². The van der Waals surface area contributed by atoms with E-state index >= 15 is 0 Å². The number of halogens is 1. The highest BCUT2D eigenvalue weighted by atomic mass is 79.9. The van der Waals surface area contributed by atoms with Crippen LogP contribution in [0.3, 0.4) is 0 Å². The highest BCUT2D eigenvalue weighted by Crippen LogP contribution is 2.35. The van der Waals surface area contributed by atoms with Gasteiger partial charge in [-0.2, -0.15) is 0 Å². The summed E-state index contributed by atoms with van der Waals surface area (Å²) in [6.45, 7) is 7.07. The molecule has 2 aromatic heterocycles. The fourth-order valence-electron chi connectivity index (χ4n) is 4.84. The van der Waals surface area contributed by atoms with Crippen LogP contribution in [0.15, 0.2) is 76.5 Å². The maximum absolute atomic E-state index is 13.4. The Morgan fingerprint density at radius 3 is 2.51 bits per heavy atom. The molecule has 1 fully saturated rings. The summed E-state index contributed by atoms with van der Waals surface area (Å²) in [5.74, 6) is 0.380.